The van der Waals surface area contributed by atoms with Crippen molar-refractivity contribution in [2.24, 2.45) is 0 Å². The van der Waals surface area contributed by atoms with Crippen LogP contribution in [0.3, 0.4) is 0 Å². The van der Waals surface area contributed by atoms with E-state index in [0.717, 1.165) is 11.0 Å². The Labute approximate surface area is 194 Å². The first kappa shape index (κ1) is 26.1. The molecule has 1 heterocycles. The molecule has 1 aliphatic heterocycles. The fourth-order valence-corrected chi connectivity index (χ4v) is 4.07. The molecule has 1 amide bonds. The average Bonchev–Trinajstić information content (AvgIpc) is 2.74. The third-order valence-electron chi connectivity index (χ3n) is 5.64. The molecule has 2 aromatic carbocycles. The van der Waals surface area contributed by atoms with Gasteiger partial charge in [0.25, 0.3) is 0 Å². The van der Waals surface area contributed by atoms with Gasteiger partial charge >= 0.3 is 24.4 Å². The van der Waals surface area contributed by atoms with Gasteiger partial charge in [-0.05, 0) is 54.8 Å². The maximum atomic E-state index is 13.2. The van der Waals surface area contributed by atoms with Gasteiger partial charge in [-0.15, -0.1) is 0 Å². The normalized spacial score (nSPS) is 18.2. The molecule has 0 bridgehead atoms. The lowest BCUT2D eigenvalue weighted by Gasteiger charge is -2.38. The number of anilines is 1. The summed E-state index contributed by atoms with van der Waals surface area (Å²) in [4.78, 5) is 24.4. The second-order valence-electron chi connectivity index (χ2n) is 8.00. The SMILES string of the molecule is COc1cc2c(cc1C(=O)O)N(C(=O)O)[C@H](C)C[C@@H]2NCc1cc(C(F)(F)F)cc(C(F)(F)F)c1. The highest BCUT2D eigenvalue weighted by atomic mass is 19.4. The van der Waals surface area contributed by atoms with Gasteiger partial charge in [0.15, 0.2) is 0 Å². The molecule has 3 rings (SSSR count). The van der Waals surface area contributed by atoms with E-state index in [0.29, 0.717) is 12.1 Å². The number of halogens is 6. The van der Waals surface area contributed by atoms with Crippen LogP contribution in [0.25, 0.3) is 0 Å². The van der Waals surface area contributed by atoms with E-state index in [4.69, 9.17) is 4.74 Å². The molecule has 0 spiro atoms. The monoisotopic (exact) mass is 506 g/mol. The van der Waals surface area contributed by atoms with E-state index in [-0.39, 0.29) is 40.6 Å². The number of ether oxygens (including phenoxy) is 1. The van der Waals surface area contributed by atoms with Crippen LogP contribution in [0.15, 0.2) is 30.3 Å². The molecule has 7 nitrogen and oxygen atoms in total. The predicted octanol–water partition coefficient (Wildman–Crippen LogP) is 5.54. The molecular formula is C22H20F6N2O5. The number of carboxylic acid groups (broad SMARTS) is 2. The molecule has 13 heteroatoms. The molecule has 0 saturated heterocycles. The van der Waals surface area contributed by atoms with Gasteiger partial charge in [0.2, 0.25) is 0 Å². The Kier molecular flexibility index (Phi) is 6.93. The lowest BCUT2D eigenvalue weighted by Crippen LogP contribution is -2.45. The third-order valence-corrected chi connectivity index (χ3v) is 5.64. The van der Waals surface area contributed by atoms with Crippen LogP contribution in [0.1, 0.15) is 52.0 Å². The molecule has 3 N–H and O–H groups in total. The fourth-order valence-electron chi connectivity index (χ4n) is 4.07. The molecular weight excluding hydrogens is 486 g/mol. The zero-order valence-corrected chi connectivity index (χ0v) is 18.3. The van der Waals surface area contributed by atoms with E-state index in [9.17, 15) is 46.1 Å². The van der Waals surface area contributed by atoms with Gasteiger partial charge in [0.1, 0.15) is 11.3 Å². The molecule has 35 heavy (non-hydrogen) atoms. The molecule has 0 radical (unpaired) electrons. The van der Waals surface area contributed by atoms with Crippen LogP contribution < -0.4 is 15.0 Å². The summed E-state index contributed by atoms with van der Waals surface area (Å²) in [5, 5.41) is 22.0. The van der Waals surface area contributed by atoms with E-state index in [1.807, 2.05) is 0 Å². The number of methoxy groups -OCH3 is 1. The number of carbonyl (C=O) groups is 2. The minimum absolute atomic E-state index is 0.0203. The second kappa shape index (κ2) is 9.29. The third kappa shape index (κ3) is 5.45. The van der Waals surface area contributed by atoms with Crippen molar-refractivity contribution < 1.29 is 50.9 Å². The quantitative estimate of drug-likeness (QED) is 0.461. The van der Waals surface area contributed by atoms with Crippen LogP contribution >= 0.6 is 0 Å². The summed E-state index contributed by atoms with van der Waals surface area (Å²) in [6.07, 6.45) is -11.2. The largest absolute Gasteiger partial charge is 0.496 e. The van der Waals surface area contributed by atoms with Crippen molar-refractivity contribution in [3.05, 3.63) is 58.1 Å². The summed E-state index contributed by atoms with van der Waals surface area (Å²) in [5.74, 6) is -1.46. The number of hydrogen-bond donors (Lipinski definition) is 3. The van der Waals surface area contributed by atoms with Crippen LogP contribution in [0.4, 0.5) is 36.8 Å². The lowest BCUT2D eigenvalue weighted by atomic mass is 9.90. The average molecular weight is 506 g/mol. The number of amides is 1. The molecule has 0 fully saturated rings. The Bertz CT molecular complexity index is 1120. The van der Waals surface area contributed by atoms with E-state index >= 15 is 0 Å². The zero-order valence-electron chi connectivity index (χ0n) is 18.3. The van der Waals surface area contributed by atoms with Gasteiger partial charge in [-0.2, -0.15) is 26.3 Å². The maximum Gasteiger partial charge on any atom is 0.416 e. The standard InChI is InChI=1S/C22H20F6N2O5/c1-10-3-16(14-8-18(35-2)15(19(31)32)7-17(14)30(10)20(33)34)29-9-11-4-12(21(23,24)25)6-13(5-11)22(26,27)28/h4-8,10,16,29H,3,9H2,1-2H3,(H,31,32)(H,33,34)/t10-,16+/m1/s1. The summed E-state index contributed by atoms with van der Waals surface area (Å²) in [6.45, 7) is 1.14. The van der Waals surface area contributed by atoms with Crippen LogP contribution in [0.2, 0.25) is 0 Å². The van der Waals surface area contributed by atoms with Crippen LogP contribution in [-0.4, -0.2) is 35.4 Å². The van der Waals surface area contributed by atoms with Crippen molar-refractivity contribution in [2.45, 2.75) is 44.3 Å². The van der Waals surface area contributed by atoms with E-state index in [1.165, 1.54) is 13.2 Å². The number of rotatable bonds is 5. The lowest BCUT2D eigenvalue weighted by molar-refractivity contribution is -0.143. The van der Waals surface area contributed by atoms with Crippen molar-refractivity contribution in [2.75, 3.05) is 12.0 Å². The first-order chi connectivity index (χ1) is 16.1. The van der Waals surface area contributed by atoms with Gasteiger partial charge in [-0.1, -0.05) is 0 Å². The summed E-state index contributed by atoms with van der Waals surface area (Å²) < 4.78 is 84.1. The molecule has 190 valence electrons. The molecule has 0 aromatic heterocycles. The van der Waals surface area contributed by atoms with Gasteiger partial charge in [0.05, 0.1) is 23.9 Å². The minimum atomic E-state index is -5.00. The van der Waals surface area contributed by atoms with Crippen LogP contribution in [0, 0.1) is 0 Å². The van der Waals surface area contributed by atoms with E-state index in [2.05, 4.69) is 5.32 Å². The molecule has 0 saturated carbocycles. The van der Waals surface area contributed by atoms with Gasteiger partial charge in [0, 0.05) is 18.6 Å². The highest BCUT2D eigenvalue weighted by molar-refractivity contribution is 5.96. The highest BCUT2D eigenvalue weighted by Crippen LogP contribution is 2.42. The Morgan fingerprint density at radius 2 is 1.60 bits per heavy atom. The van der Waals surface area contributed by atoms with E-state index < -0.39 is 54.2 Å². The fraction of sp³-hybridized carbons (Fsp3) is 0.364. The van der Waals surface area contributed by atoms with Crippen molar-refractivity contribution >= 4 is 17.7 Å². The Hall–Kier alpha value is -3.48. The Balaban J connectivity index is 2.03. The summed E-state index contributed by atoms with van der Waals surface area (Å²) >= 11 is 0. The molecule has 0 aliphatic carbocycles. The Morgan fingerprint density at radius 3 is 2.06 bits per heavy atom. The molecule has 0 unspecified atom stereocenters. The number of fused-ring (bicyclic) bond motifs is 1. The number of hydrogen-bond acceptors (Lipinski definition) is 4. The molecule has 2 aromatic rings. The molecule has 1 aliphatic rings. The van der Waals surface area contributed by atoms with Crippen molar-refractivity contribution in [1.29, 1.82) is 0 Å². The highest BCUT2D eigenvalue weighted by Gasteiger charge is 2.38. The number of benzene rings is 2. The van der Waals surface area contributed by atoms with Crippen molar-refractivity contribution in [3.63, 3.8) is 0 Å². The van der Waals surface area contributed by atoms with Crippen LogP contribution in [0.5, 0.6) is 5.75 Å². The van der Waals surface area contributed by atoms with E-state index in [1.54, 1.807) is 6.92 Å². The number of alkyl halides is 6. The number of nitrogens with zero attached hydrogens (tertiary/aromatic N) is 1. The smallest absolute Gasteiger partial charge is 0.416 e. The van der Waals surface area contributed by atoms with Crippen LogP contribution in [-0.2, 0) is 18.9 Å². The topological polar surface area (TPSA) is 99.1 Å². The summed E-state index contributed by atoms with van der Waals surface area (Å²) in [5.41, 5.74) is -3.20. The maximum absolute atomic E-state index is 13.2. The summed E-state index contributed by atoms with van der Waals surface area (Å²) in [7, 11) is 1.21. The first-order valence-corrected chi connectivity index (χ1v) is 10.1. The zero-order chi connectivity index (χ0) is 26.3. The number of carboxylic acids is 1. The van der Waals surface area contributed by atoms with Gasteiger partial charge in [-0.25, -0.2) is 9.59 Å². The van der Waals surface area contributed by atoms with Gasteiger partial charge < -0.3 is 20.3 Å². The first-order valence-electron chi connectivity index (χ1n) is 10.1. The van der Waals surface area contributed by atoms with Crippen molar-refractivity contribution in [1.82, 2.24) is 5.32 Å². The minimum Gasteiger partial charge on any atom is -0.496 e. The number of nitrogens with one attached hydrogen (secondary N) is 1. The summed E-state index contributed by atoms with van der Waals surface area (Å²) in [6, 6.07) is 2.24. The van der Waals surface area contributed by atoms with Gasteiger partial charge in [-0.3, -0.25) is 4.90 Å². The predicted molar refractivity (Wildman–Crippen MR) is 111 cm³/mol. The van der Waals surface area contributed by atoms with Crippen molar-refractivity contribution in [3.8, 4) is 5.75 Å². The Morgan fingerprint density at radius 1 is 1.03 bits per heavy atom. The number of aromatic carboxylic acids is 1. The molecule has 2 atom stereocenters. The second-order valence-corrected chi connectivity index (χ2v) is 8.00.